The van der Waals surface area contributed by atoms with Crippen LogP contribution in [0.1, 0.15) is 40.0 Å². The second kappa shape index (κ2) is 9.35. The van der Waals surface area contributed by atoms with Gasteiger partial charge < -0.3 is 20.6 Å². The predicted octanol–water partition coefficient (Wildman–Crippen LogP) is 0.685. The molecular weight excluding hydrogens is 346 g/mol. The van der Waals surface area contributed by atoms with Crippen LogP contribution in [0.25, 0.3) is 0 Å². The first-order valence-corrected chi connectivity index (χ1v) is 9.98. The molecule has 1 aliphatic heterocycles. The number of likely N-dealkylation sites (tertiary alicyclic amines) is 1. The fourth-order valence-electron chi connectivity index (χ4n) is 4.42. The van der Waals surface area contributed by atoms with E-state index in [2.05, 4.69) is 10.6 Å². The van der Waals surface area contributed by atoms with Gasteiger partial charge >= 0.3 is 0 Å². The van der Waals surface area contributed by atoms with Crippen LogP contribution in [-0.2, 0) is 14.4 Å². The van der Waals surface area contributed by atoms with Crippen LogP contribution in [0.4, 0.5) is 0 Å². The Kier molecular flexibility index (Phi) is 7.41. The number of nitrogens with one attached hydrogen (secondary N) is 2. The Balaban J connectivity index is 2.39. The Hall–Kier alpha value is -1.89. The van der Waals surface area contributed by atoms with Crippen molar-refractivity contribution in [2.75, 3.05) is 20.2 Å². The van der Waals surface area contributed by atoms with E-state index in [0.29, 0.717) is 19.4 Å². The van der Waals surface area contributed by atoms with Gasteiger partial charge in [-0.1, -0.05) is 19.1 Å². The van der Waals surface area contributed by atoms with Gasteiger partial charge in [0.2, 0.25) is 17.7 Å². The third kappa shape index (κ3) is 4.34. The van der Waals surface area contributed by atoms with Gasteiger partial charge in [-0.15, -0.1) is 0 Å². The lowest BCUT2D eigenvalue weighted by molar-refractivity contribution is -0.140. The molecule has 2 aliphatic rings. The Morgan fingerprint density at radius 1 is 1.22 bits per heavy atom. The van der Waals surface area contributed by atoms with Crippen molar-refractivity contribution in [1.82, 2.24) is 15.5 Å². The van der Waals surface area contributed by atoms with Gasteiger partial charge in [0, 0.05) is 32.2 Å². The summed E-state index contributed by atoms with van der Waals surface area (Å²) in [5, 5.41) is 14.7. The second-order valence-corrected chi connectivity index (χ2v) is 7.77. The Morgan fingerprint density at radius 2 is 1.93 bits per heavy atom. The molecule has 3 N–H and O–H groups in total. The highest BCUT2D eigenvalue weighted by atomic mass is 16.3. The van der Waals surface area contributed by atoms with Crippen LogP contribution in [0.15, 0.2) is 12.2 Å². The number of carbonyl (C=O) groups excluding carboxylic acids is 3. The lowest BCUT2D eigenvalue weighted by Crippen LogP contribution is -2.49. The third-order valence-electron chi connectivity index (χ3n) is 5.64. The molecule has 1 aliphatic carbocycles. The summed E-state index contributed by atoms with van der Waals surface area (Å²) in [7, 11) is 1.59. The molecule has 7 heteroatoms. The van der Waals surface area contributed by atoms with Gasteiger partial charge in [0.1, 0.15) is 6.04 Å². The fraction of sp³-hybridized carbons (Fsp3) is 0.750. The van der Waals surface area contributed by atoms with Crippen LogP contribution in [0, 0.1) is 23.7 Å². The second-order valence-electron chi connectivity index (χ2n) is 7.77. The maximum Gasteiger partial charge on any atom is 0.243 e. The summed E-state index contributed by atoms with van der Waals surface area (Å²) < 4.78 is 0. The summed E-state index contributed by atoms with van der Waals surface area (Å²) in [4.78, 5) is 40.4. The quantitative estimate of drug-likeness (QED) is 0.427. The Morgan fingerprint density at radius 3 is 2.48 bits per heavy atom. The van der Waals surface area contributed by atoms with Gasteiger partial charge in [-0.2, -0.15) is 0 Å². The van der Waals surface area contributed by atoms with Crippen molar-refractivity contribution >= 4 is 17.7 Å². The number of aliphatic hydroxyl groups excluding tert-OH is 1. The van der Waals surface area contributed by atoms with Crippen molar-refractivity contribution in [2.24, 2.45) is 23.7 Å². The van der Waals surface area contributed by atoms with Crippen LogP contribution in [0.2, 0.25) is 0 Å². The zero-order chi connectivity index (χ0) is 20.1. The zero-order valence-corrected chi connectivity index (χ0v) is 16.8. The van der Waals surface area contributed by atoms with Crippen molar-refractivity contribution in [3.8, 4) is 0 Å². The summed E-state index contributed by atoms with van der Waals surface area (Å²) in [5.41, 5.74) is 0. The van der Waals surface area contributed by atoms with Gasteiger partial charge in [-0.05, 0) is 39.0 Å². The first-order chi connectivity index (χ1) is 12.9. The number of unbranched alkanes of at least 4 members (excludes halogenated alkanes) is 1. The molecule has 1 saturated heterocycles. The molecule has 5 atom stereocenters. The molecule has 1 fully saturated rings. The molecule has 7 nitrogen and oxygen atoms in total. The smallest absolute Gasteiger partial charge is 0.243 e. The zero-order valence-electron chi connectivity index (χ0n) is 16.8. The van der Waals surface area contributed by atoms with Crippen LogP contribution in [0.5, 0.6) is 0 Å². The van der Waals surface area contributed by atoms with Crippen molar-refractivity contribution in [3.63, 3.8) is 0 Å². The highest BCUT2D eigenvalue weighted by Crippen LogP contribution is 2.44. The number of aliphatic hydroxyl groups is 1. The monoisotopic (exact) mass is 379 g/mol. The van der Waals surface area contributed by atoms with Gasteiger partial charge in [-0.25, -0.2) is 0 Å². The molecule has 2 rings (SSSR count). The van der Waals surface area contributed by atoms with Crippen molar-refractivity contribution < 1.29 is 19.5 Å². The van der Waals surface area contributed by atoms with E-state index in [-0.39, 0.29) is 42.2 Å². The molecular formula is C20H33N3O4. The molecule has 27 heavy (non-hydrogen) atoms. The van der Waals surface area contributed by atoms with E-state index in [1.807, 2.05) is 32.9 Å². The molecule has 0 radical (unpaired) electrons. The molecule has 0 bridgehead atoms. The molecule has 1 heterocycles. The summed E-state index contributed by atoms with van der Waals surface area (Å²) in [6.07, 6.45) is 5.93. The summed E-state index contributed by atoms with van der Waals surface area (Å²) in [6, 6.07) is -0.638. The molecule has 0 aromatic carbocycles. The molecule has 0 spiro atoms. The SMILES string of the molecule is CC[C@@H]1C=C[C@H]2[C@H](C(=O)N(CCCCO)[C@@H]2C(=O)NC(C)C)[C@@H]1C(=O)NC. The van der Waals surface area contributed by atoms with Gasteiger partial charge in [0.15, 0.2) is 0 Å². The highest BCUT2D eigenvalue weighted by Gasteiger charge is 2.56. The topological polar surface area (TPSA) is 98.7 Å². The lowest BCUT2D eigenvalue weighted by Gasteiger charge is -2.33. The van der Waals surface area contributed by atoms with Crippen molar-refractivity contribution in [3.05, 3.63) is 12.2 Å². The number of hydrogen-bond acceptors (Lipinski definition) is 4. The number of rotatable bonds is 8. The van der Waals surface area contributed by atoms with Crippen molar-refractivity contribution in [2.45, 2.75) is 52.1 Å². The lowest BCUT2D eigenvalue weighted by atomic mass is 9.69. The molecule has 3 amide bonds. The number of amides is 3. The average Bonchev–Trinajstić information content (AvgIpc) is 2.92. The van der Waals surface area contributed by atoms with Crippen LogP contribution in [-0.4, -0.2) is 60.0 Å². The van der Waals surface area contributed by atoms with Crippen LogP contribution in [0.3, 0.4) is 0 Å². The first-order valence-electron chi connectivity index (χ1n) is 9.98. The maximum absolute atomic E-state index is 13.3. The normalized spacial score (nSPS) is 29.8. The number of allylic oxidation sites excluding steroid dienone is 1. The maximum atomic E-state index is 13.3. The number of nitrogens with zero attached hydrogens (tertiary/aromatic N) is 1. The minimum absolute atomic E-state index is 0.0126. The van der Waals surface area contributed by atoms with Crippen molar-refractivity contribution in [1.29, 1.82) is 0 Å². The van der Waals surface area contributed by atoms with Gasteiger partial charge in [0.05, 0.1) is 11.8 Å². The van der Waals surface area contributed by atoms with E-state index >= 15 is 0 Å². The van der Waals surface area contributed by atoms with E-state index in [4.69, 9.17) is 5.11 Å². The number of hydrogen-bond donors (Lipinski definition) is 3. The largest absolute Gasteiger partial charge is 0.396 e. The number of carbonyl (C=O) groups is 3. The van der Waals surface area contributed by atoms with Gasteiger partial charge in [-0.3, -0.25) is 14.4 Å². The summed E-state index contributed by atoms with van der Waals surface area (Å²) in [5.74, 6) is -1.74. The fourth-order valence-corrected chi connectivity index (χ4v) is 4.42. The van der Waals surface area contributed by atoms with E-state index in [1.54, 1.807) is 11.9 Å². The molecule has 0 aromatic rings. The van der Waals surface area contributed by atoms with Crippen LogP contribution < -0.4 is 10.6 Å². The predicted molar refractivity (Wildman–Crippen MR) is 103 cm³/mol. The Labute approximate surface area is 161 Å². The number of fused-ring (bicyclic) bond motifs is 1. The highest BCUT2D eigenvalue weighted by molar-refractivity contribution is 5.96. The van der Waals surface area contributed by atoms with Gasteiger partial charge in [0.25, 0.3) is 0 Å². The molecule has 0 aromatic heterocycles. The average molecular weight is 380 g/mol. The minimum Gasteiger partial charge on any atom is -0.396 e. The standard InChI is InChI=1S/C20H33N3O4/c1-5-13-8-9-14-16(15(13)18(25)21-4)20(27)23(10-6-7-11-24)17(14)19(26)22-12(2)3/h8-9,12-17,24H,5-7,10-11H2,1-4H3,(H,21,25)(H,22,26)/t13-,14+,15-,16+,17+/m1/s1. The Bertz CT molecular complexity index is 590. The van der Waals surface area contributed by atoms with E-state index < -0.39 is 17.9 Å². The van der Waals surface area contributed by atoms with Crippen LogP contribution >= 0.6 is 0 Å². The van der Waals surface area contributed by atoms with E-state index in [9.17, 15) is 14.4 Å². The molecule has 0 saturated carbocycles. The molecule has 0 unspecified atom stereocenters. The van der Waals surface area contributed by atoms with E-state index in [0.717, 1.165) is 6.42 Å². The summed E-state index contributed by atoms with van der Waals surface area (Å²) in [6.45, 7) is 6.25. The summed E-state index contributed by atoms with van der Waals surface area (Å²) >= 11 is 0. The minimum atomic E-state index is -0.607. The molecule has 152 valence electrons. The third-order valence-corrected chi connectivity index (χ3v) is 5.64. The first kappa shape index (κ1) is 21.4. The van der Waals surface area contributed by atoms with E-state index in [1.165, 1.54) is 0 Å².